The van der Waals surface area contributed by atoms with Crippen molar-refractivity contribution < 1.29 is 13.2 Å². The molecule has 0 bridgehead atoms. The van der Waals surface area contributed by atoms with E-state index in [9.17, 15) is 13.2 Å². The fraction of sp³-hybridized carbons (Fsp3) is 0.462. The van der Waals surface area contributed by atoms with Crippen LogP contribution in [-0.4, -0.2) is 42.4 Å². The summed E-state index contributed by atoms with van der Waals surface area (Å²) >= 11 is 8.01. The first-order chi connectivity index (χ1) is 11.3. The first-order valence-electron chi connectivity index (χ1n) is 7.17. The van der Waals surface area contributed by atoms with Crippen LogP contribution in [0.1, 0.15) is 24.8 Å². The zero-order chi connectivity index (χ0) is 17.7. The number of aromatic nitrogens is 2. The minimum atomic E-state index is -3.74. The van der Waals surface area contributed by atoms with Gasteiger partial charge >= 0.3 is 0 Å². The van der Waals surface area contributed by atoms with E-state index in [0.29, 0.717) is 9.47 Å². The number of nitrogens with zero attached hydrogens (tertiary/aromatic N) is 3. The minimum Gasteiger partial charge on any atom is -0.299 e. The Labute approximate surface area is 153 Å². The van der Waals surface area contributed by atoms with Crippen LogP contribution >= 0.6 is 34.3 Å². The van der Waals surface area contributed by atoms with Gasteiger partial charge in [-0.3, -0.25) is 10.1 Å². The number of sulfonamides is 1. The van der Waals surface area contributed by atoms with Crippen LogP contribution < -0.4 is 5.32 Å². The normalized spacial score (nSPS) is 11.8. The van der Waals surface area contributed by atoms with Crippen molar-refractivity contribution in [2.75, 3.05) is 18.9 Å². The molecule has 1 amide bonds. The molecule has 2 aromatic rings. The van der Waals surface area contributed by atoms with E-state index in [1.165, 1.54) is 30.5 Å². The van der Waals surface area contributed by atoms with Crippen LogP contribution in [0.3, 0.4) is 0 Å². The lowest BCUT2D eigenvalue weighted by Crippen LogP contribution is -2.34. The number of carbonyl (C=O) groups is 1. The van der Waals surface area contributed by atoms with E-state index in [1.54, 1.807) is 0 Å². The summed E-state index contributed by atoms with van der Waals surface area (Å²) in [5.74, 6) is -0.470. The molecular formula is C13H17ClN4O3S3. The number of amides is 1. The molecule has 0 aliphatic rings. The number of anilines is 1. The van der Waals surface area contributed by atoms with Gasteiger partial charge in [-0.25, -0.2) is 8.42 Å². The molecule has 0 spiro atoms. The van der Waals surface area contributed by atoms with Gasteiger partial charge in [-0.15, -0.1) is 21.5 Å². The fourth-order valence-electron chi connectivity index (χ4n) is 1.77. The number of nitrogens with one attached hydrogen (secondary N) is 1. The molecule has 0 aliphatic heterocycles. The molecule has 0 radical (unpaired) electrons. The van der Waals surface area contributed by atoms with E-state index in [4.69, 9.17) is 11.6 Å². The summed E-state index contributed by atoms with van der Waals surface area (Å²) in [7, 11) is -2.40. The van der Waals surface area contributed by atoms with Crippen LogP contribution in [0.2, 0.25) is 4.34 Å². The highest BCUT2D eigenvalue weighted by atomic mass is 35.5. The van der Waals surface area contributed by atoms with Crippen LogP contribution in [0.5, 0.6) is 0 Å². The lowest BCUT2D eigenvalue weighted by molar-refractivity contribution is -0.116. The third kappa shape index (κ3) is 4.96. The summed E-state index contributed by atoms with van der Waals surface area (Å²) in [6.45, 7) is 1.77. The Bertz CT molecular complexity index is 803. The molecule has 2 rings (SSSR count). The van der Waals surface area contributed by atoms with Gasteiger partial charge < -0.3 is 0 Å². The van der Waals surface area contributed by atoms with Gasteiger partial charge in [0.2, 0.25) is 11.0 Å². The summed E-state index contributed by atoms with van der Waals surface area (Å²) in [4.78, 5) is 12.0. The topological polar surface area (TPSA) is 92.3 Å². The highest BCUT2D eigenvalue weighted by Gasteiger charge is 2.25. The molecule has 2 heterocycles. The van der Waals surface area contributed by atoms with Gasteiger partial charge in [-0.2, -0.15) is 4.31 Å². The molecule has 132 valence electrons. The maximum absolute atomic E-state index is 12.3. The van der Waals surface area contributed by atoms with Crippen molar-refractivity contribution in [3.63, 3.8) is 0 Å². The van der Waals surface area contributed by atoms with Gasteiger partial charge in [0, 0.05) is 13.5 Å². The van der Waals surface area contributed by atoms with Crippen LogP contribution in [0.4, 0.5) is 5.13 Å². The number of hydrogen-bond donors (Lipinski definition) is 1. The molecule has 0 atom stereocenters. The maximum Gasteiger partial charge on any atom is 0.252 e. The monoisotopic (exact) mass is 408 g/mol. The van der Waals surface area contributed by atoms with E-state index in [1.807, 2.05) is 0 Å². The second-order valence-corrected chi connectivity index (χ2v) is 10.0. The molecule has 2 aromatic heterocycles. The van der Waals surface area contributed by atoms with E-state index in [2.05, 4.69) is 22.4 Å². The van der Waals surface area contributed by atoms with Crippen molar-refractivity contribution in [2.45, 2.75) is 30.4 Å². The van der Waals surface area contributed by atoms with E-state index in [0.717, 1.165) is 39.9 Å². The molecule has 0 unspecified atom stereocenters. The third-order valence-electron chi connectivity index (χ3n) is 3.04. The summed E-state index contributed by atoms with van der Waals surface area (Å²) in [5.41, 5.74) is 0. The van der Waals surface area contributed by atoms with Crippen molar-refractivity contribution in [3.05, 3.63) is 21.5 Å². The highest BCUT2D eigenvalue weighted by molar-refractivity contribution is 7.91. The Morgan fingerprint density at radius 2 is 2.08 bits per heavy atom. The Morgan fingerprint density at radius 3 is 2.71 bits per heavy atom. The quantitative estimate of drug-likeness (QED) is 0.724. The molecule has 0 aliphatic carbocycles. The zero-order valence-electron chi connectivity index (χ0n) is 13.2. The Balaban J connectivity index is 1.95. The second-order valence-electron chi connectivity index (χ2n) is 4.97. The summed E-state index contributed by atoms with van der Waals surface area (Å²) in [6.07, 6.45) is 2.88. The molecule has 11 heteroatoms. The lowest BCUT2D eigenvalue weighted by atomic mass is 10.3. The van der Waals surface area contributed by atoms with Crippen molar-refractivity contribution in [3.8, 4) is 0 Å². The molecule has 0 fully saturated rings. The molecule has 24 heavy (non-hydrogen) atoms. The molecule has 0 aromatic carbocycles. The van der Waals surface area contributed by atoms with Crippen LogP contribution in [0.15, 0.2) is 16.3 Å². The molecule has 7 nitrogen and oxygen atoms in total. The first kappa shape index (κ1) is 19.3. The molecule has 0 saturated carbocycles. The smallest absolute Gasteiger partial charge is 0.252 e. The largest absolute Gasteiger partial charge is 0.299 e. The number of aryl methyl sites for hydroxylation is 1. The van der Waals surface area contributed by atoms with Gasteiger partial charge in [0.25, 0.3) is 10.0 Å². The fourth-order valence-corrected chi connectivity index (χ4v) is 5.39. The summed E-state index contributed by atoms with van der Waals surface area (Å²) < 4.78 is 26.1. The van der Waals surface area contributed by atoms with Gasteiger partial charge in [0.1, 0.15) is 9.22 Å². The average Bonchev–Trinajstić information content (AvgIpc) is 3.14. The van der Waals surface area contributed by atoms with Crippen LogP contribution in [0, 0.1) is 0 Å². The van der Waals surface area contributed by atoms with Gasteiger partial charge in [0.15, 0.2) is 0 Å². The Hall–Kier alpha value is -1.07. The van der Waals surface area contributed by atoms with Gasteiger partial charge in [-0.1, -0.05) is 36.3 Å². The number of halogens is 1. The average molecular weight is 409 g/mol. The first-order valence-corrected chi connectivity index (χ1v) is 10.6. The van der Waals surface area contributed by atoms with Gasteiger partial charge in [-0.05, 0) is 18.6 Å². The second kappa shape index (κ2) is 8.34. The predicted octanol–water partition coefficient (Wildman–Crippen LogP) is 2.85. The molecule has 1 N–H and O–H groups in total. The number of thiophene rings is 1. The number of unbranched alkanes of at least 4 members (excludes halogenated alkanes) is 1. The zero-order valence-corrected chi connectivity index (χ0v) is 16.4. The van der Waals surface area contributed by atoms with Crippen molar-refractivity contribution in [1.29, 1.82) is 0 Å². The third-order valence-corrected chi connectivity index (χ3v) is 7.44. The minimum absolute atomic E-state index is 0.0977. The van der Waals surface area contributed by atoms with Crippen LogP contribution in [0.25, 0.3) is 0 Å². The van der Waals surface area contributed by atoms with E-state index < -0.39 is 15.9 Å². The standard InChI is InChI=1S/C13H17ClN4O3S3/c1-3-4-5-11-16-17-13(23-11)15-10(19)8-18(2)24(20,21)12-7-6-9(14)22-12/h6-7H,3-5,8H2,1-2H3,(H,15,17,19). The Kier molecular flexibility index (Phi) is 6.70. The maximum atomic E-state index is 12.3. The van der Waals surface area contributed by atoms with Gasteiger partial charge in [0.05, 0.1) is 10.9 Å². The van der Waals surface area contributed by atoms with Crippen LogP contribution in [-0.2, 0) is 21.2 Å². The molecular weight excluding hydrogens is 392 g/mol. The molecule has 0 saturated heterocycles. The Morgan fingerprint density at radius 1 is 1.33 bits per heavy atom. The van der Waals surface area contributed by atoms with E-state index in [-0.39, 0.29) is 10.8 Å². The van der Waals surface area contributed by atoms with Crippen molar-refractivity contribution in [2.24, 2.45) is 0 Å². The summed E-state index contributed by atoms with van der Waals surface area (Å²) in [6, 6.07) is 2.92. The predicted molar refractivity (Wildman–Crippen MR) is 96.3 cm³/mol. The van der Waals surface area contributed by atoms with E-state index >= 15 is 0 Å². The lowest BCUT2D eigenvalue weighted by Gasteiger charge is -2.14. The van der Waals surface area contributed by atoms with Crippen molar-refractivity contribution >= 4 is 55.3 Å². The van der Waals surface area contributed by atoms with Crippen molar-refractivity contribution in [1.82, 2.24) is 14.5 Å². The number of carbonyl (C=O) groups excluding carboxylic acids is 1. The number of rotatable bonds is 8. The summed E-state index contributed by atoms with van der Waals surface area (Å²) in [5, 5.41) is 11.7. The highest BCUT2D eigenvalue weighted by Crippen LogP contribution is 2.27. The SMILES string of the molecule is CCCCc1nnc(NC(=O)CN(C)S(=O)(=O)c2ccc(Cl)s2)s1. The number of hydrogen-bond acceptors (Lipinski definition) is 7. The number of likely N-dealkylation sites (N-methyl/N-ethyl adjacent to an activating group) is 1.